The quantitative estimate of drug-likeness (QED) is 0.227. The molecule has 2 unspecified atom stereocenters. The van der Waals surface area contributed by atoms with E-state index in [4.69, 9.17) is 9.47 Å². The van der Waals surface area contributed by atoms with Gasteiger partial charge in [0.15, 0.2) is 0 Å². The average molecular weight is 523 g/mol. The molecule has 0 bridgehead atoms. The van der Waals surface area contributed by atoms with Crippen molar-refractivity contribution >= 4 is 37.1 Å². The molecule has 0 saturated heterocycles. The van der Waals surface area contributed by atoms with E-state index in [9.17, 15) is 0 Å². The summed E-state index contributed by atoms with van der Waals surface area (Å²) in [5.41, 5.74) is 0.402. The fourth-order valence-corrected chi connectivity index (χ4v) is 10.5. The van der Waals surface area contributed by atoms with E-state index >= 15 is 0 Å². The lowest BCUT2D eigenvalue weighted by atomic mass is 10.1. The fraction of sp³-hybridized carbons (Fsp3) is 0.152. The van der Waals surface area contributed by atoms with Gasteiger partial charge in [-0.15, -0.1) is 0 Å². The molecular weight excluding hydrogens is 490 g/mol. The van der Waals surface area contributed by atoms with E-state index in [2.05, 4.69) is 134 Å². The average Bonchev–Trinajstić information content (AvgIpc) is 3.44. The lowest BCUT2D eigenvalue weighted by Crippen LogP contribution is -2.27. The first kappa shape index (κ1) is 25.5. The van der Waals surface area contributed by atoms with Crippen molar-refractivity contribution < 1.29 is 9.47 Å². The van der Waals surface area contributed by atoms with Gasteiger partial charge in [-0.3, -0.25) is 0 Å². The van der Waals surface area contributed by atoms with Crippen molar-refractivity contribution in [1.82, 2.24) is 0 Å². The number of hydrogen-bond acceptors (Lipinski definition) is 2. The van der Waals surface area contributed by atoms with Gasteiger partial charge in [-0.1, -0.05) is 110 Å². The first-order valence-corrected chi connectivity index (χ1v) is 15.3. The van der Waals surface area contributed by atoms with Gasteiger partial charge in [0, 0.05) is 5.92 Å². The Bertz CT molecular complexity index is 1260. The van der Waals surface area contributed by atoms with Crippen LogP contribution in [0.5, 0.6) is 11.5 Å². The molecule has 5 rings (SSSR count). The third-order valence-corrected chi connectivity index (χ3v) is 12.3. The van der Waals surface area contributed by atoms with Gasteiger partial charge in [-0.25, -0.2) is 0 Å². The van der Waals surface area contributed by atoms with Crippen LogP contribution in [0.25, 0.3) is 0 Å². The zero-order chi connectivity index (χ0) is 25.6. The van der Waals surface area contributed by atoms with Crippen LogP contribution in [0.1, 0.15) is 6.92 Å². The zero-order valence-corrected chi connectivity index (χ0v) is 23.3. The highest BCUT2D eigenvalue weighted by molar-refractivity contribution is 7.77. The van der Waals surface area contributed by atoms with E-state index in [1.54, 1.807) is 14.2 Å². The summed E-state index contributed by atoms with van der Waals surface area (Å²) in [6, 6.07) is 39.3. The van der Waals surface area contributed by atoms with Gasteiger partial charge < -0.3 is 9.47 Å². The molecule has 0 heterocycles. The summed E-state index contributed by atoms with van der Waals surface area (Å²) in [6.07, 6.45) is 7.07. The molecule has 0 saturated carbocycles. The van der Waals surface area contributed by atoms with Gasteiger partial charge in [0.1, 0.15) is 11.5 Å². The van der Waals surface area contributed by atoms with E-state index in [1.807, 2.05) is 0 Å². The summed E-state index contributed by atoms with van der Waals surface area (Å²) in [5.74, 6) is 2.13. The smallest absolute Gasteiger partial charge is 0.118 e. The van der Waals surface area contributed by atoms with Crippen molar-refractivity contribution in [2.24, 2.45) is 5.92 Å². The molecule has 0 radical (unpaired) electrons. The van der Waals surface area contributed by atoms with Crippen LogP contribution in [0.15, 0.2) is 133 Å². The zero-order valence-electron chi connectivity index (χ0n) is 21.5. The normalized spacial score (nSPS) is 15.6. The Hall–Kier alpha value is -3.18. The molecule has 4 aromatic rings. The number of benzene rings is 4. The van der Waals surface area contributed by atoms with Crippen molar-refractivity contribution in [2.45, 2.75) is 12.6 Å². The molecule has 1 aliphatic carbocycles. The maximum absolute atomic E-state index is 5.46. The van der Waals surface area contributed by atoms with Crippen LogP contribution in [0, 0.1) is 5.92 Å². The van der Waals surface area contributed by atoms with Crippen molar-refractivity contribution in [1.29, 1.82) is 0 Å². The van der Waals surface area contributed by atoms with Gasteiger partial charge in [0.2, 0.25) is 0 Å². The Labute approximate surface area is 223 Å². The third-order valence-electron chi connectivity index (χ3n) is 6.84. The van der Waals surface area contributed by atoms with Gasteiger partial charge in [0.05, 0.1) is 14.2 Å². The van der Waals surface area contributed by atoms with E-state index < -0.39 is 15.8 Å². The highest BCUT2D eigenvalue weighted by Gasteiger charge is 2.34. The Kier molecular flexibility index (Phi) is 8.20. The van der Waals surface area contributed by atoms with Gasteiger partial charge in [-0.2, -0.15) is 0 Å². The van der Waals surface area contributed by atoms with Crippen molar-refractivity contribution in [3.05, 3.63) is 133 Å². The Morgan fingerprint density at radius 1 is 0.595 bits per heavy atom. The molecule has 2 atom stereocenters. The Morgan fingerprint density at radius 3 is 1.49 bits per heavy atom. The minimum absolute atomic E-state index is 0.349. The van der Waals surface area contributed by atoms with Gasteiger partial charge in [0.25, 0.3) is 0 Å². The minimum Gasteiger partial charge on any atom is -0.497 e. The lowest BCUT2D eigenvalue weighted by molar-refractivity contribution is 0.415. The maximum atomic E-state index is 5.46. The summed E-state index contributed by atoms with van der Waals surface area (Å²) in [6.45, 7) is 2.43. The second-order valence-corrected chi connectivity index (χ2v) is 13.8. The van der Waals surface area contributed by atoms with E-state index in [1.165, 1.54) is 26.5 Å². The molecule has 37 heavy (non-hydrogen) atoms. The van der Waals surface area contributed by atoms with E-state index in [0.717, 1.165) is 11.5 Å². The minimum atomic E-state index is -0.640. The highest BCUT2D eigenvalue weighted by Crippen LogP contribution is 2.55. The van der Waals surface area contributed by atoms with Crippen LogP contribution in [0.3, 0.4) is 0 Å². The van der Waals surface area contributed by atoms with Crippen LogP contribution in [0.2, 0.25) is 0 Å². The molecule has 186 valence electrons. The second-order valence-electron chi connectivity index (χ2n) is 9.02. The molecule has 1 aliphatic rings. The van der Waals surface area contributed by atoms with Gasteiger partial charge in [-0.05, 0) is 72.3 Å². The Balaban J connectivity index is 1.56. The third kappa shape index (κ3) is 5.57. The number of allylic oxidation sites excluding steroid dienone is 4. The summed E-state index contributed by atoms with van der Waals surface area (Å²) in [5, 5.41) is 7.03. The highest BCUT2D eigenvalue weighted by atomic mass is 31.1. The number of methoxy groups -OCH3 is 2. The summed E-state index contributed by atoms with van der Waals surface area (Å²) < 4.78 is 10.9. The van der Waals surface area contributed by atoms with Crippen LogP contribution < -0.4 is 30.7 Å². The van der Waals surface area contributed by atoms with Crippen molar-refractivity contribution in [3.63, 3.8) is 0 Å². The summed E-state index contributed by atoms with van der Waals surface area (Å²) >= 11 is 0. The molecule has 0 amide bonds. The number of hydrogen-bond donors (Lipinski definition) is 0. The van der Waals surface area contributed by atoms with Crippen LogP contribution >= 0.6 is 15.8 Å². The Morgan fingerprint density at radius 2 is 1.05 bits per heavy atom. The van der Waals surface area contributed by atoms with Crippen molar-refractivity contribution in [3.8, 4) is 11.5 Å². The monoisotopic (exact) mass is 522 g/mol. The molecule has 2 nitrogen and oxygen atoms in total. The fourth-order valence-electron chi connectivity index (χ4n) is 4.98. The standard InChI is InChI=1S/C33H32O2P2/c1-25(36(30-21-17-26(34-2)18-22-30)31-23-19-27(35-3)20-24-31)32-15-10-16-33(32)37(28-11-6-4-7-12-28)29-13-8-5-9-14-29/h4-25,32H,1-3H3. The molecule has 0 spiro atoms. The molecular formula is C33H32O2P2. The van der Waals surface area contributed by atoms with Crippen LogP contribution in [-0.4, -0.2) is 19.9 Å². The molecule has 4 heteroatoms. The first-order valence-electron chi connectivity index (χ1n) is 12.6. The summed E-state index contributed by atoms with van der Waals surface area (Å²) in [7, 11) is 2.17. The lowest BCUT2D eigenvalue weighted by Gasteiger charge is -2.34. The molecule has 4 aromatic carbocycles. The molecule has 0 N–H and O–H groups in total. The first-order chi connectivity index (χ1) is 18.2. The van der Waals surface area contributed by atoms with Gasteiger partial charge >= 0.3 is 0 Å². The number of rotatable bonds is 9. The number of ether oxygens (including phenoxy) is 2. The van der Waals surface area contributed by atoms with E-state index in [0.29, 0.717) is 11.6 Å². The topological polar surface area (TPSA) is 18.5 Å². The van der Waals surface area contributed by atoms with Crippen molar-refractivity contribution in [2.75, 3.05) is 14.2 Å². The molecule has 0 fully saturated rings. The molecule has 0 aliphatic heterocycles. The van der Waals surface area contributed by atoms with Crippen LogP contribution in [-0.2, 0) is 0 Å². The summed E-state index contributed by atoms with van der Waals surface area (Å²) in [4.78, 5) is 0. The predicted octanol–water partition coefficient (Wildman–Crippen LogP) is 6.73. The predicted molar refractivity (Wildman–Crippen MR) is 161 cm³/mol. The maximum Gasteiger partial charge on any atom is 0.118 e. The molecule has 0 aromatic heterocycles. The largest absolute Gasteiger partial charge is 0.497 e. The SMILES string of the molecule is COc1ccc(P(c2ccc(OC)cc2)C(C)C2C=CC=C2P(c2ccccc2)c2ccccc2)cc1. The van der Waals surface area contributed by atoms with Crippen LogP contribution in [0.4, 0.5) is 0 Å². The van der Waals surface area contributed by atoms with E-state index in [-0.39, 0.29) is 0 Å². The second kappa shape index (κ2) is 11.9.